The Balaban J connectivity index is 2.43. The summed E-state index contributed by atoms with van der Waals surface area (Å²) in [5, 5.41) is 13.6. The van der Waals surface area contributed by atoms with E-state index < -0.39 is 0 Å². The molecule has 0 aliphatic heterocycles. The summed E-state index contributed by atoms with van der Waals surface area (Å²) in [5.41, 5.74) is 6.12. The second kappa shape index (κ2) is 6.12. The minimum Gasteiger partial charge on any atom is -0.409 e. The van der Waals surface area contributed by atoms with Crippen molar-refractivity contribution in [3.8, 4) is 0 Å². The van der Waals surface area contributed by atoms with E-state index in [2.05, 4.69) is 26.4 Å². The maximum absolute atomic E-state index is 11.4. The molecule has 16 heavy (non-hydrogen) atoms. The van der Waals surface area contributed by atoms with Crippen molar-refractivity contribution in [1.82, 2.24) is 5.32 Å². The van der Waals surface area contributed by atoms with Crippen molar-refractivity contribution in [1.29, 1.82) is 0 Å². The molecule has 0 aliphatic carbocycles. The molecule has 0 aliphatic rings. The largest absolute Gasteiger partial charge is 0.409 e. The van der Waals surface area contributed by atoms with E-state index in [1.165, 1.54) is 0 Å². The molecule has 0 heterocycles. The second-order valence-corrected chi connectivity index (χ2v) is 4.09. The molecule has 86 valence electrons. The number of nitrogens with two attached hydrogens (primary N) is 1. The number of benzene rings is 1. The quantitative estimate of drug-likeness (QED) is 0.332. The normalized spacial score (nSPS) is 11.2. The predicted octanol–water partition coefficient (Wildman–Crippen LogP) is 0.854. The van der Waals surface area contributed by atoms with Gasteiger partial charge in [0.25, 0.3) is 0 Å². The average molecular weight is 286 g/mol. The van der Waals surface area contributed by atoms with Crippen LogP contribution in [0, 0.1) is 0 Å². The second-order valence-electron chi connectivity index (χ2n) is 3.17. The maximum atomic E-state index is 11.4. The zero-order valence-corrected chi connectivity index (χ0v) is 10.1. The first-order chi connectivity index (χ1) is 7.61. The highest BCUT2D eigenvalue weighted by Crippen LogP contribution is 2.10. The Bertz CT molecular complexity index is 390. The van der Waals surface area contributed by atoms with Crippen LogP contribution in [-0.2, 0) is 11.2 Å². The summed E-state index contributed by atoms with van der Waals surface area (Å²) < 4.78 is 0.966. The van der Waals surface area contributed by atoms with Gasteiger partial charge in [0, 0.05) is 4.47 Å². The Kier molecular flexibility index (Phi) is 4.78. The number of nitrogens with one attached hydrogen (secondary N) is 1. The number of hydrogen-bond acceptors (Lipinski definition) is 3. The number of oxime groups is 1. The Morgan fingerprint density at radius 1 is 1.44 bits per heavy atom. The third-order valence-electron chi connectivity index (χ3n) is 1.87. The van der Waals surface area contributed by atoms with E-state index in [1.807, 2.05) is 24.3 Å². The molecule has 0 bridgehead atoms. The first-order valence-electron chi connectivity index (χ1n) is 4.59. The number of halogens is 1. The number of amides is 1. The van der Waals surface area contributed by atoms with E-state index >= 15 is 0 Å². The summed E-state index contributed by atoms with van der Waals surface area (Å²) in [5.74, 6) is -0.196. The Hall–Kier alpha value is -1.56. The highest BCUT2D eigenvalue weighted by molar-refractivity contribution is 9.10. The minimum absolute atomic E-state index is 0.0239. The molecule has 1 rings (SSSR count). The lowest BCUT2D eigenvalue weighted by molar-refractivity contribution is -0.120. The third kappa shape index (κ3) is 4.31. The van der Waals surface area contributed by atoms with Crippen LogP contribution in [0.5, 0.6) is 0 Å². The summed E-state index contributed by atoms with van der Waals surface area (Å²) in [6.45, 7) is 0.0475. The molecular formula is C10H12BrN3O2. The molecule has 6 heteroatoms. The van der Waals surface area contributed by atoms with Crippen molar-refractivity contribution in [3.63, 3.8) is 0 Å². The summed E-state index contributed by atoms with van der Waals surface area (Å²) in [6.07, 6.45) is 0.270. The van der Waals surface area contributed by atoms with Gasteiger partial charge in [0.05, 0.1) is 13.0 Å². The van der Waals surface area contributed by atoms with E-state index in [0.29, 0.717) is 0 Å². The molecule has 4 N–H and O–H groups in total. The van der Waals surface area contributed by atoms with Gasteiger partial charge in [-0.15, -0.1) is 0 Å². The average Bonchev–Trinajstić information content (AvgIpc) is 2.29. The summed E-state index contributed by atoms with van der Waals surface area (Å²) in [7, 11) is 0. The molecule has 0 atom stereocenters. The zero-order valence-electron chi connectivity index (χ0n) is 8.48. The molecule has 1 aromatic rings. The standard InChI is InChI=1S/C10H12BrN3O2/c11-8-3-1-7(2-4-8)5-10(15)13-6-9(12)14-16/h1-4,16H,5-6H2,(H2,12,14)(H,13,15). The highest BCUT2D eigenvalue weighted by atomic mass is 79.9. The Labute approximate surface area is 101 Å². The van der Waals surface area contributed by atoms with Crippen LogP contribution in [0.25, 0.3) is 0 Å². The van der Waals surface area contributed by atoms with Crippen LogP contribution < -0.4 is 11.1 Å². The van der Waals surface area contributed by atoms with Gasteiger partial charge in [-0.2, -0.15) is 0 Å². The summed E-state index contributed by atoms with van der Waals surface area (Å²) in [4.78, 5) is 11.4. The van der Waals surface area contributed by atoms with Gasteiger partial charge in [-0.1, -0.05) is 33.2 Å². The molecule has 5 nitrogen and oxygen atoms in total. The van der Waals surface area contributed by atoms with Gasteiger partial charge in [0.15, 0.2) is 5.84 Å². The maximum Gasteiger partial charge on any atom is 0.224 e. The molecule has 0 fully saturated rings. The third-order valence-corrected chi connectivity index (χ3v) is 2.40. The molecule has 1 amide bonds. The predicted molar refractivity (Wildman–Crippen MR) is 64.3 cm³/mol. The molecule has 0 saturated carbocycles. The van der Waals surface area contributed by atoms with Crippen LogP contribution >= 0.6 is 15.9 Å². The van der Waals surface area contributed by atoms with Gasteiger partial charge in [-0.25, -0.2) is 0 Å². The number of nitrogens with zero attached hydrogens (tertiary/aromatic N) is 1. The molecule has 0 radical (unpaired) electrons. The lowest BCUT2D eigenvalue weighted by Gasteiger charge is -2.04. The van der Waals surface area contributed by atoms with E-state index in [0.717, 1.165) is 10.0 Å². The van der Waals surface area contributed by atoms with Gasteiger partial charge in [0.1, 0.15) is 0 Å². The van der Waals surface area contributed by atoms with Crippen molar-refractivity contribution < 1.29 is 10.0 Å². The van der Waals surface area contributed by atoms with Gasteiger partial charge < -0.3 is 16.3 Å². The smallest absolute Gasteiger partial charge is 0.224 e. The molecular weight excluding hydrogens is 274 g/mol. The molecule has 0 aromatic heterocycles. The summed E-state index contributed by atoms with van der Waals surface area (Å²) >= 11 is 3.31. The van der Waals surface area contributed by atoms with Crippen LogP contribution in [0.2, 0.25) is 0 Å². The Morgan fingerprint density at radius 2 is 2.06 bits per heavy atom. The van der Waals surface area contributed by atoms with Crippen LogP contribution in [0.15, 0.2) is 33.9 Å². The van der Waals surface area contributed by atoms with Gasteiger partial charge in [-0.3, -0.25) is 4.79 Å². The van der Waals surface area contributed by atoms with Crippen molar-refractivity contribution in [2.75, 3.05) is 6.54 Å². The van der Waals surface area contributed by atoms with Crippen molar-refractivity contribution in [3.05, 3.63) is 34.3 Å². The topological polar surface area (TPSA) is 87.7 Å². The Morgan fingerprint density at radius 3 is 2.62 bits per heavy atom. The number of hydrogen-bond donors (Lipinski definition) is 3. The van der Waals surface area contributed by atoms with Gasteiger partial charge in [0.2, 0.25) is 5.91 Å². The molecule has 0 spiro atoms. The fraction of sp³-hybridized carbons (Fsp3) is 0.200. The van der Waals surface area contributed by atoms with Crippen molar-refractivity contribution >= 4 is 27.7 Å². The monoisotopic (exact) mass is 285 g/mol. The van der Waals surface area contributed by atoms with Crippen molar-refractivity contribution in [2.45, 2.75) is 6.42 Å². The summed E-state index contributed by atoms with van der Waals surface area (Å²) in [6, 6.07) is 7.44. The van der Waals surface area contributed by atoms with Crippen molar-refractivity contribution in [2.24, 2.45) is 10.9 Å². The number of carbonyl (C=O) groups is 1. The van der Waals surface area contributed by atoms with E-state index in [9.17, 15) is 4.79 Å². The number of carbonyl (C=O) groups excluding carboxylic acids is 1. The fourth-order valence-corrected chi connectivity index (χ4v) is 1.34. The van der Waals surface area contributed by atoms with E-state index in [1.54, 1.807) is 0 Å². The zero-order chi connectivity index (χ0) is 12.0. The number of rotatable bonds is 4. The highest BCUT2D eigenvalue weighted by Gasteiger charge is 2.03. The first kappa shape index (κ1) is 12.5. The van der Waals surface area contributed by atoms with Gasteiger partial charge in [-0.05, 0) is 17.7 Å². The lowest BCUT2D eigenvalue weighted by Crippen LogP contribution is -2.34. The molecule has 0 unspecified atom stereocenters. The first-order valence-corrected chi connectivity index (χ1v) is 5.38. The van der Waals surface area contributed by atoms with Gasteiger partial charge >= 0.3 is 0 Å². The molecule has 1 aromatic carbocycles. The van der Waals surface area contributed by atoms with E-state index in [4.69, 9.17) is 10.9 Å². The van der Waals surface area contributed by atoms with Crippen LogP contribution in [0.3, 0.4) is 0 Å². The lowest BCUT2D eigenvalue weighted by atomic mass is 10.1. The SMILES string of the molecule is N/C(CNC(=O)Cc1ccc(Br)cc1)=N/O. The number of amidine groups is 1. The van der Waals surface area contributed by atoms with Crippen LogP contribution in [0.4, 0.5) is 0 Å². The van der Waals surface area contributed by atoms with Crippen LogP contribution in [-0.4, -0.2) is 23.5 Å². The fourth-order valence-electron chi connectivity index (χ4n) is 1.07. The van der Waals surface area contributed by atoms with Crippen LogP contribution in [0.1, 0.15) is 5.56 Å². The molecule has 0 saturated heterocycles. The van der Waals surface area contributed by atoms with E-state index in [-0.39, 0.29) is 24.7 Å². The minimum atomic E-state index is -0.172.